The van der Waals surface area contributed by atoms with Gasteiger partial charge in [0.2, 0.25) is 0 Å². The molecule has 5 heavy (non-hydrogen) atoms. The van der Waals surface area contributed by atoms with Crippen molar-refractivity contribution in [2.24, 2.45) is 0 Å². The highest BCUT2D eigenvalue weighted by molar-refractivity contribution is 7.99. The summed E-state index contributed by atoms with van der Waals surface area (Å²) in [7, 11) is 0. The molecule has 0 aromatic heterocycles. The molecule has 1 rings (SSSR count). The number of nitrogens with one attached hydrogen (secondary N) is 2. The molecule has 0 unspecified atom stereocenters. The topological polar surface area (TPSA) is 24.1 Å². The number of hydrazine groups is 1. The molecule has 2 nitrogen and oxygen atoms in total. The summed E-state index contributed by atoms with van der Waals surface area (Å²) in [6, 6.07) is 0. The molecule has 0 bridgehead atoms. The summed E-state index contributed by atoms with van der Waals surface area (Å²) in [6.45, 7) is 0. The molecule has 3 heteroatoms. The van der Waals surface area contributed by atoms with Gasteiger partial charge in [-0.1, -0.05) is 0 Å². The molecule has 2 N–H and O–H groups in total. The standard InChI is InChI=1S/C2H6N2S/c1-3-4-2-5-1/h3-4H,1-2H2. The molecule has 0 radical (unpaired) electrons. The second-order valence-electron chi connectivity index (χ2n) is 0.846. The molecule has 1 aliphatic rings. The van der Waals surface area contributed by atoms with Gasteiger partial charge in [0.15, 0.2) is 0 Å². The average Bonchev–Trinajstić information content (AvgIpc) is 1.76. The van der Waals surface area contributed by atoms with Crippen LogP contribution in [-0.4, -0.2) is 11.8 Å². The minimum Gasteiger partial charge on any atom is -0.247 e. The van der Waals surface area contributed by atoms with Gasteiger partial charge in [0, 0.05) is 0 Å². The normalized spacial score (nSPS) is 24.0. The Bertz CT molecular complexity index is 19.2. The Morgan fingerprint density at radius 3 is 2.00 bits per heavy atom. The van der Waals surface area contributed by atoms with Crippen LogP contribution in [0.15, 0.2) is 0 Å². The van der Waals surface area contributed by atoms with Crippen molar-refractivity contribution in [2.45, 2.75) is 0 Å². The molecule has 1 aliphatic heterocycles. The van der Waals surface area contributed by atoms with Crippen LogP contribution < -0.4 is 10.9 Å². The molecule has 0 aromatic carbocycles. The summed E-state index contributed by atoms with van der Waals surface area (Å²) < 4.78 is 0. The third-order valence-electron chi connectivity index (χ3n) is 0.473. The second-order valence-corrected chi connectivity index (χ2v) is 1.83. The van der Waals surface area contributed by atoms with Crippen LogP contribution in [0.25, 0.3) is 0 Å². The van der Waals surface area contributed by atoms with Crippen LogP contribution in [0.5, 0.6) is 0 Å². The number of rotatable bonds is 0. The fourth-order valence-corrected chi connectivity index (χ4v) is 0.765. The van der Waals surface area contributed by atoms with Gasteiger partial charge in [-0.3, -0.25) is 0 Å². The summed E-state index contributed by atoms with van der Waals surface area (Å²) in [4.78, 5) is 0. The molecule has 0 aromatic rings. The molecular weight excluding hydrogens is 84.1 g/mol. The van der Waals surface area contributed by atoms with Gasteiger partial charge in [-0.15, -0.1) is 11.8 Å². The lowest BCUT2D eigenvalue weighted by atomic mass is 11.4. The van der Waals surface area contributed by atoms with Crippen molar-refractivity contribution >= 4 is 11.8 Å². The SMILES string of the molecule is C1NNCS1. The maximum atomic E-state index is 2.94. The van der Waals surface area contributed by atoms with E-state index >= 15 is 0 Å². The first kappa shape index (κ1) is 3.46. The van der Waals surface area contributed by atoms with Crippen molar-refractivity contribution < 1.29 is 0 Å². The zero-order valence-corrected chi connectivity index (χ0v) is 3.64. The first-order chi connectivity index (χ1) is 2.50. The van der Waals surface area contributed by atoms with E-state index in [1.165, 1.54) is 0 Å². The maximum Gasteiger partial charge on any atom is 0.0570 e. The predicted octanol–water partition coefficient (Wildman–Crippen LogP) is -0.258. The lowest BCUT2D eigenvalue weighted by Gasteiger charge is -1.79. The van der Waals surface area contributed by atoms with Crippen LogP contribution in [0.3, 0.4) is 0 Å². The Morgan fingerprint density at radius 1 is 1.20 bits per heavy atom. The van der Waals surface area contributed by atoms with E-state index in [1.807, 2.05) is 11.8 Å². The van der Waals surface area contributed by atoms with Crippen LogP contribution in [0.2, 0.25) is 0 Å². The van der Waals surface area contributed by atoms with Gasteiger partial charge in [-0.25, -0.2) is 10.9 Å². The van der Waals surface area contributed by atoms with Crippen LogP contribution in [0.1, 0.15) is 0 Å². The highest BCUT2D eigenvalue weighted by atomic mass is 32.2. The Morgan fingerprint density at radius 2 is 1.80 bits per heavy atom. The monoisotopic (exact) mass is 90.0 g/mol. The molecule has 0 atom stereocenters. The Balaban J connectivity index is 2.08. The lowest BCUT2D eigenvalue weighted by Crippen LogP contribution is -2.21. The van der Waals surface area contributed by atoms with E-state index in [9.17, 15) is 0 Å². The van der Waals surface area contributed by atoms with Crippen molar-refractivity contribution in [1.29, 1.82) is 0 Å². The third-order valence-corrected chi connectivity index (χ3v) is 1.17. The van der Waals surface area contributed by atoms with Crippen molar-refractivity contribution in [3.63, 3.8) is 0 Å². The van der Waals surface area contributed by atoms with E-state index in [1.54, 1.807) is 0 Å². The van der Waals surface area contributed by atoms with E-state index in [0.717, 1.165) is 11.8 Å². The maximum absolute atomic E-state index is 2.94. The molecule has 1 fully saturated rings. The van der Waals surface area contributed by atoms with Crippen molar-refractivity contribution in [2.75, 3.05) is 11.8 Å². The zero-order chi connectivity index (χ0) is 3.54. The molecule has 1 saturated heterocycles. The number of hydrogen-bond donors (Lipinski definition) is 2. The molecule has 0 saturated carbocycles. The van der Waals surface area contributed by atoms with Crippen molar-refractivity contribution in [3.05, 3.63) is 0 Å². The fraction of sp³-hybridized carbons (Fsp3) is 1.00. The second kappa shape index (κ2) is 1.64. The Labute approximate surface area is 35.3 Å². The van der Waals surface area contributed by atoms with E-state index in [-0.39, 0.29) is 0 Å². The van der Waals surface area contributed by atoms with Gasteiger partial charge in [0.25, 0.3) is 0 Å². The lowest BCUT2D eigenvalue weighted by molar-refractivity contribution is 0.689. The van der Waals surface area contributed by atoms with Gasteiger partial charge in [-0.2, -0.15) is 0 Å². The van der Waals surface area contributed by atoms with Gasteiger partial charge in [0.05, 0.1) is 11.8 Å². The van der Waals surface area contributed by atoms with Gasteiger partial charge >= 0.3 is 0 Å². The Kier molecular flexibility index (Phi) is 1.14. The third kappa shape index (κ3) is 0.792. The first-order valence-corrected chi connectivity index (χ1v) is 2.69. The molecule has 0 amide bonds. The Hall–Kier alpha value is 0.270. The van der Waals surface area contributed by atoms with Gasteiger partial charge in [-0.05, 0) is 0 Å². The van der Waals surface area contributed by atoms with Gasteiger partial charge in [0.1, 0.15) is 0 Å². The summed E-state index contributed by atoms with van der Waals surface area (Å²) >= 11 is 1.85. The largest absolute Gasteiger partial charge is 0.247 e. The zero-order valence-electron chi connectivity index (χ0n) is 2.82. The smallest absolute Gasteiger partial charge is 0.0570 e. The van der Waals surface area contributed by atoms with Crippen LogP contribution in [0.4, 0.5) is 0 Å². The van der Waals surface area contributed by atoms with Crippen LogP contribution >= 0.6 is 11.8 Å². The molecule has 0 aliphatic carbocycles. The highest BCUT2D eigenvalue weighted by Gasteiger charge is 1.91. The number of thioether (sulfide) groups is 1. The summed E-state index contributed by atoms with van der Waals surface area (Å²) in [5.74, 6) is 2.11. The van der Waals surface area contributed by atoms with E-state index in [2.05, 4.69) is 10.9 Å². The molecule has 1 heterocycles. The minimum atomic E-state index is 1.06. The molecular formula is C2H6N2S. The highest BCUT2D eigenvalue weighted by Crippen LogP contribution is 1.95. The summed E-state index contributed by atoms with van der Waals surface area (Å²) in [5.41, 5.74) is 5.87. The first-order valence-electron chi connectivity index (χ1n) is 1.53. The minimum absolute atomic E-state index is 1.06. The average molecular weight is 90.2 g/mol. The predicted molar refractivity (Wildman–Crippen MR) is 23.6 cm³/mol. The quantitative estimate of drug-likeness (QED) is 0.428. The van der Waals surface area contributed by atoms with Gasteiger partial charge < -0.3 is 0 Å². The fourth-order valence-electron chi connectivity index (χ4n) is 0.255. The van der Waals surface area contributed by atoms with Crippen LogP contribution in [0, 0.1) is 0 Å². The van der Waals surface area contributed by atoms with Crippen molar-refractivity contribution in [3.8, 4) is 0 Å². The number of hydrogen-bond acceptors (Lipinski definition) is 3. The summed E-state index contributed by atoms with van der Waals surface area (Å²) in [5, 5.41) is 0. The molecule has 0 spiro atoms. The van der Waals surface area contributed by atoms with Crippen molar-refractivity contribution in [1.82, 2.24) is 10.9 Å². The van der Waals surface area contributed by atoms with Crippen LogP contribution in [-0.2, 0) is 0 Å². The van der Waals surface area contributed by atoms with E-state index in [0.29, 0.717) is 0 Å². The van der Waals surface area contributed by atoms with E-state index in [4.69, 9.17) is 0 Å². The summed E-state index contributed by atoms with van der Waals surface area (Å²) in [6.07, 6.45) is 0. The van der Waals surface area contributed by atoms with E-state index < -0.39 is 0 Å². The molecule has 30 valence electrons.